The third-order valence-corrected chi connectivity index (χ3v) is 3.21. The number of nitrogens with one attached hydrogen (secondary N) is 1. The molecule has 0 unspecified atom stereocenters. The van der Waals surface area contributed by atoms with Gasteiger partial charge in [-0.05, 0) is 36.8 Å². The van der Waals surface area contributed by atoms with Gasteiger partial charge >= 0.3 is 0 Å². The SMILES string of the molecule is CCOc1ccc(CNC(=O)c2ncoc2-c2ccco2)cc1. The van der Waals surface area contributed by atoms with Gasteiger partial charge in [0.15, 0.2) is 17.8 Å². The molecule has 0 bridgehead atoms. The minimum Gasteiger partial charge on any atom is -0.494 e. The molecular weight excluding hydrogens is 296 g/mol. The van der Waals surface area contributed by atoms with Gasteiger partial charge in [-0.3, -0.25) is 4.79 Å². The lowest BCUT2D eigenvalue weighted by molar-refractivity contribution is 0.0946. The number of amides is 1. The summed E-state index contributed by atoms with van der Waals surface area (Å²) in [5.41, 5.74) is 1.16. The molecule has 2 aromatic heterocycles. The molecule has 0 radical (unpaired) electrons. The van der Waals surface area contributed by atoms with Crippen LogP contribution in [0.3, 0.4) is 0 Å². The Morgan fingerprint density at radius 2 is 2.04 bits per heavy atom. The monoisotopic (exact) mass is 312 g/mol. The van der Waals surface area contributed by atoms with Crippen molar-refractivity contribution in [3.05, 3.63) is 60.3 Å². The molecule has 2 heterocycles. The van der Waals surface area contributed by atoms with Crippen LogP contribution >= 0.6 is 0 Å². The third-order valence-electron chi connectivity index (χ3n) is 3.21. The number of nitrogens with zero attached hydrogens (tertiary/aromatic N) is 1. The van der Waals surface area contributed by atoms with Gasteiger partial charge in [0.1, 0.15) is 5.75 Å². The molecule has 6 heteroatoms. The van der Waals surface area contributed by atoms with Crippen LogP contribution in [0.2, 0.25) is 0 Å². The summed E-state index contributed by atoms with van der Waals surface area (Å²) in [7, 11) is 0. The van der Waals surface area contributed by atoms with E-state index in [-0.39, 0.29) is 11.6 Å². The molecule has 0 aliphatic rings. The van der Waals surface area contributed by atoms with Crippen molar-refractivity contribution in [3.63, 3.8) is 0 Å². The molecule has 0 fully saturated rings. The first-order valence-electron chi connectivity index (χ1n) is 7.25. The maximum absolute atomic E-state index is 12.3. The number of aromatic nitrogens is 1. The van der Waals surface area contributed by atoms with E-state index in [4.69, 9.17) is 13.6 Å². The van der Waals surface area contributed by atoms with Crippen molar-refractivity contribution >= 4 is 5.91 Å². The number of benzene rings is 1. The summed E-state index contributed by atoms with van der Waals surface area (Å²) in [5, 5.41) is 2.81. The van der Waals surface area contributed by atoms with Gasteiger partial charge in [-0.2, -0.15) is 0 Å². The molecule has 0 spiro atoms. The minimum absolute atomic E-state index is 0.200. The second-order valence-electron chi connectivity index (χ2n) is 4.77. The Kier molecular flexibility index (Phi) is 4.42. The highest BCUT2D eigenvalue weighted by Crippen LogP contribution is 2.23. The van der Waals surface area contributed by atoms with Crippen LogP contribution in [0, 0.1) is 0 Å². The number of rotatable bonds is 6. The summed E-state index contributed by atoms with van der Waals surface area (Å²) < 4.78 is 15.9. The quantitative estimate of drug-likeness (QED) is 0.756. The second-order valence-corrected chi connectivity index (χ2v) is 4.77. The Balaban J connectivity index is 1.65. The van der Waals surface area contributed by atoms with Crippen molar-refractivity contribution in [2.24, 2.45) is 0 Å². The van der Waals surface area contributed by atoms with Gasteiger partial charge in [-0.25, -0.2) is 4.98 Å². The van der Waals surface area contributed by atoms with Gasteiger partial charge in [0.05, 0.1) is 12.9 Å². The smallest absolute Gasteiger partial charge is 0.274 e. The molecule has 23 heavy (non-hydrogen) atoms. The Labute approximate surface area is 133 Å². The Morgan fingerprint density at radius 3 is 2.74 bits per heavy atom. The maximum atomic E-state index is 12.3. The summed E-state index contributed by atoms with van der Waals surface area (Å²) >= 11 is 0. The van der Waals surface area contributed by atoms with E-state index in [1.165, 1.54) is 12.7 Å². The standard InChI is InChI=1S/C17H16N2O4/c1-2-21-13-7-5-12(6-8-13)10-18-17(20)15-16(23-11-19-15)14-4-3-9-22-14/h3-9,11H,2,10H2,1H3,(H,18,20). The summed E-state index contributed by atoms with van der Waals surface area (Å²) in [4.78, 5) is 16.2. The van der Waals surface area contributed by atoms with Crippen molar-refractivity contribution in [3.8, 4) is 17.3 Å². The molecule has 0 aliphatic carbocycles. The van der Waals surface area contributed by atoms with E-state index >= 15 is 0 Å². The maximum Gasteiger partial charge on any atom is 0.274 e. The zero-order valence-electron chi connectivity index (χ0n) is 12.6. The number of furan rings is 1. The third kappa shape index (κ3) is 3.42. The Bertz CT molecular complexity index is 760. The van der Waals surface area contributed by atoms with Gasteiger partial charge in [0.25, 0.3) is 5.91 Å². The van der Waals surface area contributed by atoms with Crippen molar-refractivity contribution in [2.75, 3.05) is 6.61 Å². The fourth-order valence-electron chi connectivity index (χ4n) is 2.13. The lowest BCUT2D eigenvalue weighted by Crippen LogP contribution is -2.23. The largest absolute Gasteiger partial charge is 0.494 e. The Morgan fingerprint density at radius 1 is 1.22 bits per heavy atom. The first kappa shape index (κ1) is 14.9. The lowest BCUT2D eigenvalue weighted by atomic mass is 10.2. The van der Waals surface area contributed by atoms with E-state index in [9.17, 15) is 4.79 Å². The van der Waals surface area contributed by atoms with E-state index in [1.54, 1.807) is 12.1 Å². The van der Waals surface area contributed by atoms with Crippen LogP contribution < -0.4 is 10.1 Å². The van der Waals surface area contributed by atoms with E-state index in [0.717, 1.165) is 11.3 Å². The molecule has 6 nitrogen and oxygen atoms in total. The molecular formula is C17H16N2O4. The Hall–Kier alpha value is -3.02. The van der Waals surface area contributed by atoms with Crippen LogP contribution in [-0.4, -0.2) is 17.5 Å². The van der Waals surface area contributed by atoms with Crippen molar-refractivity contribution in [2.45, 2.75) is 13.5 Å². The van der Waals surface area contributed by atoms with Gasteiger partial charge in [0.2, 0.25) is 5.76 Å². The highest BCUT2D eigenvalue weighted by Gasteiger charge is 2.19. The highest BCUT2D eigenvalue weighted by atomic mass is 16.5. The zero-order chi connectivity index (χ0) is 16.1. The van der Waals surface area contributed by atoms with Crippen molar-refractivity contribution < 1.29 is 18.4 Å². The molecule has 1 aromatic carbocycles. The number of hydrogen-bond acceptors (Lipinski definition) is 5. The van der Waals surface area contributed by atoms with Crippen LogP contribution in [0.25, 0.3) is 11.5 Å². The molecule has 1 N–H and O–H groups in total. The first-order valence-corrected chi connectivity index (χ1v) is 7.25. The van der Waals surface area contributed by atoms with Crippen molar-refractivity contribution in [1.82, 2.24) is 10.3 Å². The number of carbonyl (C=O) groups excluding carboxylic acids is 1. The average Bonchev–Trinajstić information content (AvgIpc) is 3.25. The molecule has 1 amide bonds. The van der Waals surface area contributed by atoms with Crippen LogP contribution in [0.15, 0.2) is 57.9 Å². The fraction of sp³-hybridized carbons (Fsp3) is 0.176. The normalized spacial score (nSPS) is 10.5. The molecule has 0 saturated carbocycles. The van der Waals surface area contributed by atoms with Gasteiger partial charge in [0, 0.05) is 6.54 Å². The minimum atomic E-state index is -0.320. The molecule has 0 aliphatic heterocycles. The van der Waals surface area contributed by atoms with Crippen LogP contribution in [0.5, 0.6) is 5.75 Å². The molecule has 0 atom stereocenters. The average molecular weight is 312 g/mol. The van der Waals surface area contributed by atoms with Gasteiger partial charge in [-0.1, -0.05) is 12.1 Å². The van der Waals surface area contributed by atoms with E-state index in [1.807, 2.05) is 31.2 Å². The van der Waals surface area contributed by atoms with Gasteiger partial charge < -0.3 is 18.9 Å². The van der Waals surface area contributed by atoms with Crippen LogP contribution in [-0.2, 0) is 6.54 Å². The summed E-state index contributed by atoms with van der Waals surface area (Å²) in [6, 6.07) is 11.0. The summed E-state index contributed by atoms with van der Waals surface area (Å²) in [6.07, 6.45) is 2.74. The molecule has 3 rings (SSSR count). The van der Waals surface area contributed by atoms with E-state index < -0.39 is 0 Å². The van der Waals surface area contributed by atoms with E-state index in [2.05, 4.69) is 10.3 Å². The topological polar surface area (TPSA) is 77.5 Å². The van der Waals surface area contributed by atoms with Crippen LogP contribution in [0.1, 0.15) is 23.0 Å². The predicted molar refractivity (Wildman–Crippen MR) is 83.0 cm³/mol. The summed E-state index contributed by atoms with van der Waals surface area (Å²) in [6.45, 7) is 2.94. The van der Waals surface area contributed by atoms with E-state index in [0.29, 0.717) is 24.7 Å². The molecule has 118 valence electrons. The number of oxazole rings is 1. The number of carbonyl (C=O) groups is 1. The highest BCUT2D eigenvalue weighted by molar-refractivity contribution is 5.97. The number of hydrogen-bond donors (Lipinski definition) is 1. The van der Waals surface area contributed by atoms with Gasteiger partial charge in [-0.15, -0.1) is 0 Å². The molecule has 3 aromatic rings. The van der Waals surface area contributed by atoms with Crippen molar-refractivity contribution in [1.29, 1.82) is 0 Å². The predicted octanol–water partition coefficient (Wildman–Crippen LogP) is 3.26. The van der Waals surface area contributed by atoms with Crippen LogP contribution in [0.4, 0.5) is 0 Å². The lowest BCUT2D eigenvalue weighted by Gasteiger charge is -2.06. The first-order chi connectivity index (χ1) is 11.3. The summed E-state index contributed by atoms with van der Waals surface area (Å²) in [5.74, 6) is 1.27. The fourth-order valence-corrected chi connectivity index (χ4v) is 2.13. The number of ether oxygens (including phenoxy) is 1. The molecule has 0 saturated heterocycles. The zero-order valence-corrected chi connectivity index (χ0v) is 12.6. The second kappa shape index (κ2) is 6.83.